The Labute approximate surface area is 178 Å². The molecule has 0 radical (unpaired) electrons. The van der Waals surface area contributed by atoms with Gasteiger partial charge >= 0.3 is 6.01 Å². The summed E-state index contributed by atoms with van der Waals surface area (Å²) in [7, 11) is 0. The van der Waals surface area contributed by atoms with Gasteiger partial charge in [0.1, 0.15) is 11.9 Å². The van der Waals surface area contributed by atoms with Crippen LogP contribution in [0.15, 0.2) is 47.0 Å². The minimum absolute atomic E-state index is 0.272. The van der Waals surface area contributed by atoms with E-state index in [2.05, 4.69) is 71.4 Å². The van der Waals surface area contributed by atoms with Crippen LogP contribution in [0.5, 0.6) is 5.75 Å². The molecule has 0 N–H and O–H groups in total. The maximum absolute atomic E-state index is 6.36. The molecule has 0 spiro atoms. The molecule has 0 amide bonds. The first-order chi connectivity index (χ1) is 14.7. The van der Waals surface area contributed by atoms with Crippen LogP contribution in [0, 0.1) is 12.8 Å². The number of rotatable bonds is 5. The van der Waals surface area contributed by atoms with Gasteiger partial charge in [-0.2, -0.15) is 4.98 Å². The van der Waals surface area contributed by atoms with Crippen LogP contribution in [0.2, 0.25) is 0 Å². The van der Waals surface area contributed by atoms with Crippen molar-refractivity contribution < 1.29 is 9.26 Å². The van der Waals surface area contributed by atoms with Gasteiger partial charge in [0.2, 0.25) is 0 Å². The first-order valence-electron chi connectivity index (χ1n) is 11.1. The summed E-state index contributed by atoms with van der Waals surface area (Å²) < 4.78 is 11.8. The molecule has 1 atom stereocenters. The lowest BCUT2D eigenvalue weighted by atomic mass is 9.88. The number of fused-ring (bicyclic) bond motifs is 1. The summed E-state index contributed by atoms with van der Waals surface area (Å²) in [4.78, 5) is 6.76. The Hall–Kier alpha value is -2.82. The Morgan fingerprint density at radius 1 is 1.03 bits per heavy atom. The number of aryl methyl sites for hydroxylation is 2. The van der Waals surface area contributed by atoms with E-state index < -0.39 is 0 Å². The highest BCUT2D eigenvalue weighted by atomic mass is 16.5. The van der Waals surface area contributed by atoms with Gasteiger partial charge in [-0.3, -0.25) is 0 Å². The number of aromatic nitrogens is 2. The molecule has 1 aromatic heterocycles. The van der Waals surface area contributed by atoms with Gasteiger partial charge in [-0.05, 0) is 60.9 Å². The third kappa shape index (κ3) is 3.81. The molecule has 5 nitrogen and oxygen atoms in total. The molecule has 3 aromatic rings. The van der Waals surface area contributed by atoms with Gasteiger partial charge in [-0.25, -0.2) is 0 Å². The van der Waals surface area contributed by atoms with E-state index in [0.717, 1.165) is 56.8 Å². The van der Waals surface area contributed by atoms with Crippen LogP contribution in [0.25, 0.3) is 11.1 Å². The van der Waals surface area contributed by atoms with Crippen LogP contribution in [0.4, 0.5) is 6.01 Å². The zero-order valence-corrected chi connectivity index (χ0v) is 17.8. The third-order valence-electron chi connectivity index (χ3n) is 6.41. The number of hydrogen-bond donors (Lipinski definition) is 0. The minimum atomic E-state index is 0.272. The maximum Gasteiger partial charge on any atom is 0.324 e. The van der Waals surface area contributed by atoms with Gasteiger partial charge in [0.25, 0.3) is 0 Å². The van der Waals surface area contributed by atoms with Crippen molar-refractivity contribution in [2.24, 2.45) is 5.92 Å². The van der Waals surface area contributed by atoms with E-state index in [4.69, 9.17) is 9.26 Å². The largest absolute Gasteiger partial charge is 0.490 e. The van der Waals surface area contributed by atoms with Gasteiger partial charge in [-0.15, -0.1) is 0 Å². The van der Waals surface area contributed by atoms with Crippen molar-refractivity contribution in [2.75, 3.05) is 18.0 Å². The average Bonchev–Trinajstić information content (AvgIpc) is 3.41. The standard InChI is InChI=1S/C25H29N3O2/c1-3-4-24-26-25(30-27-24)28-13-11-19(12-14-28)23-16-21-15-20(9-10-22(21)29-23)18-7-5-17(2)6-8-18/h5-10,15,19,23H,3-4,11-14,16H2,1-2H3. The molecule has 0 aliphatic carbocycles. The van der Waals surface area contributed by atoms with Crippen molar-refractivity contribution in [3.63, 3.8) is 0 Å². The molecule has 2 aliphatic rings. The summed E-state index contributed by atoms with van der Waals surface area (Å²) in [6.07, 6.45) is 5.37. The highest BCUT2D eigenvalue weighted by molar-refractivity contribution is 5.66. The van der Waals surface area contributed by atoms with E-state index in [1.807, 2.05) is 0 Å². The lowest BCUT2D eigenvalue weighted by molar-refractivity contribution is 0.137. The molecule has 5 heteroatoms. The quantitative estimate of drug-likeness (QED) is 0.585. The molecule has 1 saturated heterocycles. The van der Waals surface area contributed by atoms with Gasteiger partial charge in [0.15, 0.2) is 5.82 Å². The van der Waals surface area contributed by atoms with Gasteiger partial charge in [0, 0.05) is 25.9 Å². The van der Waals surface area contributed by atoms with Crippen molar-refractivity contribution >= 4 is 6.01 Å². The first kappa shape index (κ1) is 19.2. The van der Waals surface area contributed by atoms with E-state index in [1.165, 1.54) is 22.3 Å². The molecule has 1 fully saturated rings. The van der Waals surface area contributed by atoms with Crippen LogP contribution in [-0.2, 0) is 12.8 Å². The molecular weight excluding hydrogens is 374 g/mol. The fourth-order valence-electron chi connectivity index (χ4n) is 4.62. The van der Waals surface area contributed by atoms with Crippen molar-refractivity contribution in [3.05, 3.63) is 59.4 Å². The number of benzene rings is 2. The number of nitrogens with zero attached hydrogens (tertiary/aromatic N) is 3. The van der Waals surface area contributed by atoms with Crippen LogP contribution >= 0.6 is 0 Å². The molecule has 1 unspecified atom stereocenters. The Morgan fingerprint density at radius 3 is 2.57 bits per heavy atom. The molecular formula is C25H29N3O2. The SMILES string of the molecule is CCCc1noc(N2CCC(C3Cc4cc(-c5ccc(C)cc5)ccc4O3)CC2)n1. The normalized spacial score (nSPS) is 19.0. The molecule has 0 bridgehead atoms. The monoisotopic (exact) mass is 403 g/mol. The molecule has 2 aliphatic heterocycles. The minimum Gasteiger partial charge on any atom is -0.490 e. The highest BCUT2D eigenvalue weighted by Gasteiger charge is 2.34. The summed E-state index contributed by atoms with van der Waals surface area (Å²) in [5, 5.41) is 4.09. The zero-order valence-electron chi connectivity index (χ0n) is 17.8. The molecule has 3 heterocycles. The van der Waals surface area contributed by atoms with Crippen molar-refractivity contribution in [1.29, 1.82) is 0 Å². The Kier molecular flexibility index (Phi) is 5.19. The molecule has 2 aromatic carbocycles. The van der Waals surface area contributed by atoms with E-state index in [9.17, 15) is 0 Å². The smallest absolute Gasteiger partial charge is 0.324 e. The summed E-state index contributed by atoms with van der Waals surface area (Å²) >= 11 is 0. The summed E-state index contributed by atoms with van der Waals surface area (Å²) in [5.41, 5.74) is 5.16. The van der Waals surface area contributed by atoms with Gasteiger partial charge < -0.3 is 14.2 Å². The van der Waals surface area contributed by atoms with Crippen molar-refractivity contribution in [2.45, 2.75) is 52.1 Å². The Bertz CT molecular complexity index is 1000. The lowest BCUT2D eigenvalue weighted by Gasteiger charge is -2.33. The van der Waals surface area contributed by atoms with Crippen LogP contribution < -0.4 is 9.64 Å². The van der Waals surface area contributed by atoms with E-state index in [-0.39, 0.29) is 6.10 Å². The van der Waals surface area contributed by atoms with E-state index in [1.54, 1.807) is 0 Å². The van der Waals surface area contributed by atoms with Crippen molar-refractivity contribution in [3.8, 4) is 16.9 Å². The number of ether oxygens (including phenoxy) is 1. The second-order valence-electron chi connectivity index (χ2n) is 8.62. The fraction of sp³-hybridized carbons (Fsp3) is 0.440. The Balaban J connectivity index is 1.21. The number of piperidine rings is 1. The van der Waals surface area contributed by atoms with E-state index >= 15 is 0 Å². The van der Waals surface area contributed by atoms with Gasteiger partial charge in [-0.1, -0.05) is 48.0 Å². The second kappa shape index (κ2) is 8.13. The topological polar surface area (TPSA) is 51.4 Å². The lowest BCUT2D eigenvalue weighted by Crippen LogP contribution is -2.39. The van der Waals surface area contributed by atoms with Crippen molar-refractivity contribution in [1.82, 2.24) is 10.1 Å². The summed E-state index contributed by atoms with van der Waals surface area (Å²) in [6, 6.07) is 16.0. The van der Waals surface area contributed by atoms with Crippen LogP contribution in [-0.4, -0.2) is 29.3 Å². The van der Waals surface area contributed by atoms with Gasteiger partial charge in [0.05, 0.1) is 0 Å². The number of anilines is 1. The molecule has 0 saturated carbocycles. The summed E-state index contributed by atoms with van der Waals surface area (Å²) in [5.74, 6) is 2.43. The highest BCUT2D eigenvalue weighted by Crippen LogP contribution is 2.38. The molecule has 30 heavy (non-hydrogen) atoms. The number of hydrogen-bond acceptors (Lipinski definition) is 5. The fourth-order valence-corrected chi connectivity index (χ4v) is 4.62. The van der Waals surface area contributed by atoms with Crippen LogP contribution in [0.1, 0.15) is 43.1 Å². The van der Waals surface area contributed by atoms with E-state index in [0.29, 0.717) is 11.9 Å². The second-order valence-corrected chi connectivity index (χ2v) is 8.62. The maximum atomic E-state index is 6.36. The predicted octanol–water partition coefficient (Wildman–Crippen LogP) is 5.22. The van der Waals surface area contributed by atoms with Crippen LogP contribution in [0.3, 0.4) is 0 Å². The predicted molar refractivity (Wildman–Crippen MR) is 118 cm³/mol. The zero-order chi connectivity index (χ0) is 20.5. The third-order valence-corrected chi connectivity index (χ3v) is 6.41. The first-order valence-corrected chi connectivity index (χ1v) is 11.1. The Morgan fingerprint density at radius 2 is 1.80 bits per heavy atom. The average molecular weight is 404 g/mol. The molecule has 156 valence electrons. The molecule has 5 rings (SSSR count). The summed E-state index contributed by atoms with van der Waals surface area (Å²) in [6.45, 7) is 6.15.